The first-order valence-electron chi connectivity index (χ1n) is 21.3. The molecule has 0 saturated heterocycles. The molecule has 8 nitrogen and oxygen atoms in total. The molecule has 8 heteroatoms. The molecule has 63 heavy (non-hydrogen) atoms. The van der Waals surface area contributed by atoms with Crippen molar-refractivity contribution >= 4 is 42.5 Å². The summed E-state index contributed by atoms with van der Waals surface area (Å²) in [5.74, 6) is 0. The number of aromatic nitrogens is 8. The Hall–Kier alpha value is -7.84. The third kappa shape index (κ3) is 11.9. The standard InChI is InChI=1S/C9H8.4C8H7N.2C7H6N2/c1-2-5-9-7-3-6-8(9)4-1;2*1-3-7-4-2-6-9-8(7)5-1;2*1-2-7-4-5-9-6-8(7)3-1;2*1-2-6-4-8-5-9-7(6)3-1/h1-6H,7H2;1-2,4-6H,3H2;1-4,6H,5H2;1,3-6H,2H2;1-2,4-6H,3H2;1,3-5H,2H2;1-2,4-5H,3H2. The van der Waals surface area contributed by atoms with Crippen molar-refractivity contribution in [1.82, 2.24) is 39.9 Å². The molecule has 7 aliphatic rings. The lowest BCUT2D eigenvalue weighted by Crippen LogP contribution is -1.86. The van der Waals surface area contributed by atoms with Gasteiger partial charge in [0.05, 0.1) is 22.8 Å². The third-order valence-corrected chi connectivity index (χ3v) is 10.8. The van der Waals surface area contributed by atoms with Crippen LogP contribution in [0, 0.1) is 0 Å². The fourth-order valence-electron chi connectivity index (χ4n) is 7.45. The second-order valence-electron chi connectivity index (χ2n) is 15.0. The van der Waals surface area contributed by atoms with Gasteiger partial charge >= 0.3 is 0 Å². The first-order chi connectivity index (χ1) is 31.3. The van der Waals surface area contributed by atoms with E-state index in [0.717, 1.165) is 67.6 Å². The Balaban J connectivity index is 0.000000101. The molecule has 0 saturated carbocycles. The van der Waals surface area contributed by atoms with Gasteiger partial charge in [0.1, 0.15) is 12.7 Å². The summed E-state index contributed by atoms with van der Waals surface area (Å²) in [6.07, 6.45) is 55.0. The van der Waals surface area contributed by atoms with Crippen molar-refractivity contribution in [2.24, 2.45) is 0 Å². The van der Waals surface area contributed by atoms with Crippen molar-refractivity contribution in [3.8, 4) is 0 Å². The van der Waals surface area contributed by atoms with Gasteiger partial charge in [-0.3, -0.25) is 19.9 Å². The van der Waals surface area contributed by atoms with Crippen LogP contribution in [0.25, 0.3) is 42.5 Å². The Kier molecular flexibility index (Phi) is 14.7. The molecule has 0 radical (unpaired) electrons. The van der Waals surface area contributed by atoms with Crippen molar-refractivity contribution in [3.05, 3.63) is 244 Å². The van der Waals surface area contributed by atoms with Crippen molar-refractivity contribution in [3.63, 3.8) is 0 Å². The van der Waals surface area contributed by atoms with Crippen LogP contribution in [0.5, 0.6) is 0 Å². The third-order valence-electron chi connectivity index (χ3n) is 10.8. The van der Waals surface area contributed by atoms with Gasteiger partial charge in [0.25, 0.3) is 0 Å². The molecule has 1 aromatic carbocycles. The Morgan fingerprint density at radius 1 is 0.286 bits per heavy atom. The Labute approximate surface area is 369 Å². The predicted molar refractivity (Wildman–Crippen MR) is 257 cm³/mol. The van der Waals surface area contributed by atoms with Gasteiger partial charge in [0.2, 0.25) is 0 Å². The van der Waals surface area contributed by atoms with Gasteiger partial charge in [-0.25, -0.2) is 19.9 Å². The van der Waals surface area contributed by atoms with E-state index in [9.17, 15) is 0 Å². The fraction of sp³-hybridized carbons (Fsp3) is 0.127. The largest absolute Gasteiger partial charge is 0.264 e. The van der Waals surface area contributed by atoms with Gasteiger partial charge in [0, 0.05) is 68.0 Å². The van der Waals surface area contributed by atoms with E-state index in [-0.39, 0.29) is 0 Å². The number of rotatable bonds is 0. The second kappa shape index (κ2) is 22.1. The second-order valence-corrected chi connectivity index (χ2v) is 15.0. The SMILES string of the molecule is C1=Cc2ccccc2C1.C1=Cc2cccnc2C1.C1=Cc2ccncc2C1.C1=Cc2cnccc2C1.C1=Cc2cncnc2C1.C1=Cc2ncccc2C1.C1=Cc2ncncc2C1. The van der Waals surface area contributed by atoms with Crippen LogP contribution < -0.4 is 0 Å². The molecular weight excluding hydrogens is 773 g/mol. The van der Waals surface area contributed by atoms with Crippen LogP contribution in [0.15, 0.2) is 165 Å². The molecule has 0 amide bonds. The molecule has 6 aromatic heterocycles. The fourth-order valence-corrected chi connectivity index (χ4v) is 7.45. The number of pyridine rings is 4. The van der Waals surface area contributed by atoms with Gasteiger partial charge in [0.15, 0.2) is 0 Å². The molecule has 0 N–H and O–H groups in total. The van der Waals surface area contributed by atoms with E-state index in [0.29, 0.717) is 0 Å². The molecular formula is C55H48N8. The van der Waals surface area contributed by atoms with E-state index in [4.69, 9.17) is 0 Å². The van der Waals surface area contributed by atoms with Gasteiger partial charge < -0.3 is 0 Å². The maximum Gasteiger partial charge on any atom is 0.116 e. The predicted octanol–water partition coefficient (Wildman–Crippen LogP) is 11.0. The number of hydrogen-bond acceptors (Lipinski definition) is 8. The van der Waals surface area contributed by atoms with Gasteiger partial charge in [-0.2, -0.15) is 0 Å². The number of allylic oxidation sites excluding steroid dienone is 7. The molecule has 0 bridgehead atoms. The lowest BCUT2D eigenvalue weighted by atomic mass is 10.1. The maximum atomic E-state index is 4.20. The highest BCUT2D eigenvalue weighted by molar-refractivity contribution is 5.61. The van der Waals surface area contributed by atoms with Crippen molar-refractivity contribution in [2.45, 2.75) is 44.9 Å². The molecule has 308 valence electrons. The molecule has 14 rings (SSSR count). The van der Waals surface area contributed by atoms with Crippen molar-refractivity contribution in [1.29, 1.82) is 0 Å². The minimum absolute atomic E-state index is 0.970. The molecule has 0 fully saturated rings. The normalized spacial score (nSPS) is 13.8. The molecule has 0 aliphatic heterocycles. The number of nitrogens with zero attached hydrogens (tertiary/aromatic N) is 8. The summed E-state index contributed by atoms with van der Waals surface area (Å²) in [4.78, 5) is 32.3. The van der Waals surface area contributed by atoms with E-state index in [1.807, 2.05) is 73.8 Å². The minimum atomic E-state index is 0.970. The molecule has 6 heterocycles. The molecule has 7 aliphatic carbocycles. The van der Waals surface area contributed by atoms with Crippen LogP contribution in [0.3, 0.4) is 0 Å². The summed E-state index contributed by atoms with van der Waals surface area (Å²) in [6, 6.07) is 20.7. The summed E-state index contributed by atoms with van der Waals surface area (Å²) in [5.41, 5.74) is 17.8. The van der Waals surface area contributed by atoms with Crippen molar-refractivity contribution in [2.75, 3.05) is 0 Å². The smallest absolute Gasteiger partial charge is 0.116 e. The Morgan fingerprint density at radius 2 is 0.794 bits per heavy atom. The van der Waals surface area contributed by atoms with Crippen LogP contribution in [-0.2, 0) is 44.9 Å². The highest BCUT2D eigenvalue weighted by atomic mass is 14.8. The van der Waals surface area contributed by atoms with E-state index in [2.05, 4.69) is 161 Å². The zero-order chi connectivity index (χ0) is 42.7. The number of benzene rings is 1. The highest BCUT2D eigenvalue weighted by Gasteiger charge is 2.06. The average molecular weight is 821 g/mol. The Morgan fingerprint density at radius 3 is 1.56 bits per heavy atom. The summed E-state index contributed by atoms with van der Waals surface area (Å²) < 4.78 is 0. The summed E-state index contributed by atoms with van der Waals surface area (Å²) >= 11 is 0. The summed E-state index contributed by atoms with van der Waals surface area (Å²) in [7, 11) is 0. The number of hydrogen-bond donors (Lipinski definition) is 0. The average Bonchev–Trinajstić information content (AvgIpc) is 4.21. The lowest BCUT2D eigenvalue weighted by molar-refractivity contribution is 1.06. The zero-order valence-electron chi connectivity index (χ0n) is 35.2. The van der Waals surface area contributed by atoms with Crippen LogP contribution >= 0.6 is 0 Å². The van der Waals surface area contributed by atoms with E-state index in [1.165, 1.54) is 55.8 Å². The van der Waals surface area contributed by atoms with Gasteiger partial charge in [-0.15, -0.1) is 0 Å². The van der Waals surface area contributed by atoms with Crippen LogP contribution in [0.4, 0.5) is 0 Å². The lowest BCUT2D eigenvalue weighted by Gasteiger charge is -1.93. The maximum absolute atomic E-state index is 4.20. The van der Waals surface area contributed by atoms with Crippen LogP contribution in [-0.4, -0.2) is 39.9 Å². The summed E-state index contributed by atoms with van der Waals surface area (Å²) in [5, 5.41) is 0. The van der Waals surface area contributed by atoms with E-state index >= 15 is 0 Å². The van der Waals surface area contributed by atoms with Crippen LogP contribution in [0.1, 0.15) is 78.4 Å². The van der Waals surface area contributed by atoms with Crippen molar-refractivity contribution < 1.29 is 0 Å². The quantitative estimate of drug-likeness (QED) is 0.149. The highest BCUT2D eigenvalue weighted by Crippen LogP contribution is 2.20. The minimum Gasteiger partial charge on any atom is -0.264 e. The zero-order valence-corrected chi connectivity index (χ0v) is 35.2. The molecule has 0 unspecified atom stereocenters. The molecule has 0 spiro atoms. The van der Waals surface area contributed by atoms with E-state index < -0.39 is 0 Å². The van der Waals surface area contributed by atoms with Gasteiger partial charge in [-0.05, 0) is 119 Å². The van der Waals surface area contributed by atoms with E-state index in [1.54, 1.807) is 12.7 Å². The first kappa shape index (κ1) is 41.9. The molecule has 7 aromatic rings. The molecule has 0 atom stereocenters. The topological polar surface area (TPSA) is 103 Å². The monoisotopic (exact) mass is 820 g/mol. The van der Waals surface area contributed by atoms with Gasteiger partial charge in [-0.1, -0.05) is 109 Å². The summed E-state index contributed by atoms with van der Waals surface area (Å²) in [6.45, 7) is 0. The van der Waals surface area contributed by atoms with Crippen LogP contribution in [0.2, 0.25) is 0 Å². The number of fused-ring (bicyclic) bond motifs is 7. The Bertz CT molecular complexity index is 2300. The first-order valence-corrected chi connectivity index (χ1v) is 21.3.